The lowest BCUT2D eigenvalue weighted by molar-refractivity contribution is 0.259. The lowest BCUT2D eigenvalue weighted by Crippen LogP contribution is -2.19. The summed E-state index contributed by atoms with van der Waals surface area (Å²) >= 11 is 0. The van der Waals surface area contributed by atoms with Crippen molar-refractivity contribution in [3.8, 4) is 5.75 Å². The third kappa shape index (κ3) is 2.12. The summed E-state index contributed by atoms with van der Waals surface area (Å²) in [4.78, 5) is 14.2. The van der Waals surface area contributed by atoms with E-state index in [4.69, 9.17) is 10.5 Å². The number of methoxy groups -OCH3 is 1. The van der Waals surface area contributed by atoms with Gasteiger partial charge < -0.3 is 10.5 Å². The number of primary amides is 1. The van der Waals surface area contributed by atoms with Crippen LogP contribution < -0.4 is 15.8 Å². The second-order valence-electron chi connectivity index (χ2n) is 2.07. The average molecular weight is 167 g/mol. The molecule has 0 unspecified atom stereocenters. The van der Waals surface area contributed by atoms with E-state index in [1.165, 1.54) is 13.3 Å². The van der Waals surface area contributed by atoms with Crippen molar-refractivity contribution in [3.05, 3.63) is 18.3 Å². The number of pyridine rings is 1. The molecule has 0 aliphatic carbocycles. The highest BCUT2D eigenvalue weighted by Crippen LogP contribution is 2.10. The predicted molar refractivity (Wildman–Crippen MR) is 44.0 cm³/mol. The number of anilines is 1. The molecule has 0 fully saturated rings. The number of nitrogens with one attached hydrogen (secondary N) is 1. The van der Waals surface area contributed by atoms with Crippen molar-refractivity contribution in [1.29, 1.82) is 0 Å². The summed E-state index contributed by atoms with van der Waals surface area (Å²) in [7, 11) is 1.54. The van der Waals surface area contributed by atoms with Gasteiger partial charge in [0.2, 0.25) is 0 Å². The molecular formula is C7H9N3O2. The Labute approximate surface area is 69.5 Å². The maximum Gasteiger partial charge on any atom is 0.317 e. The molecule has 0 aromatic carbocycles. The zero-order valence-electron chi connectivity index (χ0n) is 6.57. The Balaban J connectivity index is 2.71. The molecule has 0 saturated carbocycles. The number of hydrogen-bond acceptors (Lipinski definition) is 3. The number of hydrogen-bond donors (Lipinski definition) is 2. The lowest BCUT2D eigenvalue weighted by Gasteiger charge is -2.01. The molecule has 1 aromatic heterocycles. The minimum Gasteiger partial charge on any atom is -0.495 e. The summed E-state index contributed by atoms with van der Waals surface area (Å²) in [5, 5.41) is 2.33. The van der Waals surface area contributed by atoms with Gasteiger partial charge in [0.25, 0.3) is 0 Å². The van der Waals surface area contributed by atoms with Gasteiger partial charge in [-0.15, -0.1) is 0 Å². The maximum absolute atomic E-state index is 10.4. The van der Waals surface area contributed by atoms with Gasteiger partial charge in [-0.1, -0.05) is 0 Å². The molecule has 64 valence electrons. The van der Waals surface area contributed by atoms with E-state index in [9.17, 15) is 4.79 Å². The minimum atomic E-state index is -0.632. The van der Waals surface area contributed by atoms with Crippen molar-refractivity contribution in [2.24, 2.45) is 5.73 Å². The first-order valence-electron chi connectivity index (χ1n) is 3.29. The highest BCUT2D eigenvalue weighted by Gasteiger charge is 1.96. The summed E-state index contributed by atoms with van der Waals surface area (Å²) in [6.45, 7) is 0. The first-order valence-corrected chi connectivity index (χ1v) is 3.29. The zero-order chi connectivity index (χ0) is 8.97. The number of carbonyl (C=O) groups excluding carboxylic acids is 1. The molecule has 0 bridgehead atoms. The van der Waals surface area contributed by atoms with Crippen LogP contribution in [-0.2, 0) is 0 Å². The Morgan fingerprint density at radius 2 is 2.42 bits per heavy atom. The van der Waals surface area contributed by atoms with Crippen molar-refractivity contribution in [2.45, 2.75) is 0 Å². The number of carbonyl (C=O) groups is 1. The van der Waals surface area contributed by atoms with Crippen LogP contribution in [-0.4, -0.2) is 18.1 Å². The number of ether oxygens (including phenoxy) is 1. The van der Waals surface area contributed by atoms with Crippen LogP contribution in [0.25, 0.3) is 0 Å². The fourth-order valence-electron chi connectivity index (χ4n) is 0.701. The molecule has 0 spiro atoms. The molecule has 12 heavy (non-hydrogen) atoms. The predicted octanol–water partition coefficient (Wildman–Crippen LogP) is 0.581. The molecular weight excluding hydrogens is 158 g/mol. The maximum atomic E-state index is 10.4. The van der Waals surface area contributed by atoms with E-state index in [0.717, 1.165) is 0 Å². The normalized spacial score (nSPS) is 9.08. The fourth-order valence-corrected chi connectivity index (χ4v) is 0.701. The smallest absolute Gasteiger partial charge is 0.317 e. The second-order valence-corrected chi connectivity index (χ2v) is 2.07. The molecule has 3 N–H and O–H groups in total. The number of nitrogens with two attached hydrogens (primary N) is 1. The molecule has 0 aliphatic heterocycles. The lowest BCUT2D eigenvalue weighted by atomic mass is 10.4. The molecule has 1 aromatic rings. The third-order valence-corrected chi connectivity index (χ3v) is 1.22. The zero-order valence-corrected chi connectivity index (χ0v) is 6.57. The molecule has 2 amide bonds. The fraction of sp³-hybridized carbons (Fsp3) is 0.143. The van der Waals surface area contributed by atoms with E-state index in [1.807, 2.05) is 0 Å². The van der Waals surface area contributed by atoms with Gasteiger partial charge in [-0.3, -0.25) is 5.32 Å². The minimum absolute atomic E-state index is 0.406. The first kappa shape index (κ1) is 8.32. The van der Waals surface area contributed by atoms with Crippen LogP contribution in [0.15, 0.2) is 18.3 Å². The van der Waals surface area contributed by atoms with Crippen molar-refractivity contribution in [3.63, 3.8) is 0 Å². The Morgan fingerprint density at radius 1 is 1.67 bits per heavy atom. The molecule has 0 saturated heterocycles. The Hall–Kier alpha value is -1.78. The molecule has 0 radical (unpaired) electrons. The van der Waals surface area contributed by atoms with Gasteiger partial charge in [0.1, 0.15) is 11.6 Å². The Morgan fingerprint density at radius 3 is 2.83 bits per heavy atom. The quantitative estimate of drug-likeness (QED) is 0.676. The molecule has 1 rings (SSSR count). The summed E-state index contributed by atoms with van der Waals surface area (Å²) in [6, 6.07) is 2.65. The van der Waals surface area contributed by atoms with Crippen molar-refractivity contribution >= 4 is 11.8 Å². The summed E-state index contributed by atoms with van der Waals surface area (Å²) in [6.07, 6.45) is 1.49. The molecule has 5 heteroatoms. The van der Waals surface area contributed by atoms with Crippen molar-refractivity contribution in [1.82, 2.24) is 4.98 Å². The monoisotopic (exact) mass is 167 g/mol. The van der Waals surface area contributed by atoms with Crippen molar-refractivity contribution in [2.75, 3.05) is 12.4 Å². The average Bonchev–Trinajstić information content (AvgIpc) is 2.05. The Bertz CT molecular complexity index is 270. The topological polar surface area (TPSA) is 77.2 Å². The van der Waals surface area contributed by atoms with Crippen molar-refractivity contribution < 1.29 is 9.53 Å². The van der Waals surface area contributed by atoms with Crippen LogP contribution in [0.4, 0.5) is 10.6 Å². The van der Waals surface area contributed by atoms with Crippen LogP contribution in [0.5, 0.6) is 5.75 Å². The van der Waals surface area contributed by atoms with Crippen LogP contribution >= 0.6 is 0 Å². The van der Waals surface area contributed by atoms with Gasteiger partial charge >= 0.3 is 6.03 Å². The number of rotatable bonds is 2. The van der Waals surface area contributed by atoms with E-state index in [1.54, 1.807) is 12.1 Å². The number of nitrogens with zero attached hydrogens (tertiary/aromatic N) is 1. The Kier molecular flexibility index (Phi) is 2.47. The summed E-state index contributed by atoms with van der Waals surface area (Å²) in [5.41, 5.74) is 4.87. The van der Waals surface area contributed by atoms with Gasteiger partial charge in [-0.25, -0.2) is 9.78 Å². The third-order valence-electron chi connectivity index (χ3n) is 1.22. The number of amides is 2. The van der Waals surface area contributed by atoms with E-state index in [2.05, 4.69) is 10.3 Å². The number of aromatic nitrogens is 1. The first-order chi connectivity index (χ1) is 5.72. The largest absolute Gasteiger partial charge is 0.495 e. The highest BCUT2D eigenvalue weighted by molar-refractivity contribution is 5.86. The standard InChI is InChI=1S/C7H9N3O2/c1-12-5-2-3-6(9-4-5)10-7(8)11/h2-4H,1H3,(H3,8,9,10,11). The SMILES string of the molecule is COc1ccc(NC(N)=O)nc1. The van der Waals surface area contributed by atoms with Gasteiger partial charge in [0.05, 0.1) is 13.3 Å². The molecule has 0 aliphatic rings. The van der Waals surface area contributed by atoms with Crippen LogP contribution in [0.1, 0.15) is 0 Å². The molecule has 5 nitrogen and oxygen atoms in total. The van der Waals surface area contributed by atoms with Gasteiger partial charge in [0, 0.05) is 0 Å². The van der Waals surface area contributed by atoms with E-state index < -0.39 is 6.03 Å². The van der Waals surface area contributed by atoms with Gasteiger partial charge in [0.15, 0.2) is 0 Å². The second kappa shape index (κ2) is 3.56. The van der Waals surface area contributed by atoms with Crippen LogP contribution in [0.3, 0.4) is 0 Å². The van der Waals surface area contributed by atoms with Crippen LogP contribution in [0, 0.1) is 0 Å². The summed E-state index contributed by atoms with van der Waals surface area (Å²) < 4.78 is 4.87. The molecule has 0 atom stereocenters. The molecule has 1 heterocycles. The van der Waals surface area contributed by atoms with Crippen LogP contribution in [0.2, 0.25) is 0 Å². The van der Waals surface area contributed by atoms with E-state index >= 15 is 0 Å². The van der Waals surface area contributed by atoms with E-state index in [-0.39, 0.29) is 0 Å². The van der Waals surface area contributed by atoms with Gasteiger partial charge in [-0.2, -0.15) is 0 Å². The summed E-state index contributed by atoms with van der Waals surface area (Å²) in [5.74, 6) is 1.04. The van der Waals surface area contributed by atoms with E-state index in [0.29, 0.717) is 11.6 Å². The highest BCUT2D eigenvalue weighted by atomic mass is 16.5. The van der Waals surface area contributed by atoms with Gasteiger partial charge in [-0.05, 0) is 12.1 Å². The number of urea groups is 1.